The average Bonchev–Trinajstić information content (AvgIpc) is 3.13. The first kappa shape index (κ1) is 22.4. The molecule has 11 nitrogen and oxygen atoms in total. The molecule has 0 spiro atoms. The number of hydrogen-bond donors (Lipinski definition) is 1. The Balaban J connectivity index is 1.98. The molecule has 0 fully saturated rings. The molecule has 0 aliphatic carbocycles. The highest BCUT2D eigenvalue weighted by Gasteiger charge is 2.25. The molecule has 1 aromatic heterocycles. The summed E-state index contributed by atoms with van der Waals surface area (Å²) < 4.78 is 36.4. The van der Waals surface area contributed by atoms with Gasteiger partial charge in [0.05, 0.1) is 40.3 Å². The fraction of sp³-hybridized carbons (Fsp3) is 0.222. The SMILES string of the molecule is COc1cc(C(=O)Nc2nc3ccc(S(=O)(=O)N(C)C)cc3s2)c([N+](=O)[O-])cc1OC. The quantitative estimate of drug-likeness (QED) is 0.414. The van der Waals surface area contributed by atoms with Gasteiger partial charge in [-0.1, -0.05) is 11.3 Å². The Labute approximate surface area is 181 Å². The minimum atomic E-state index is -3.63. The number of anilines is 1. The van der Waals surface area contributed by atoms with E-state index in [0.29, 0.717) is 10.2 Å². The van der Waals surface area contributed by atoms with E-state index in [-0.39, 0.29) is 27.1 Å². The zero-order valence-corrected chi connectivity index (χ0v) is 18.5. The van der Waals surface area contributed by atoms with E-state index in [1.54, 1.807) is 0 Å². The van der Waals surface area contributed by atoms with Crippen LogP contribution in [0.2, 0.25) is 0 Å². The van der Waals surface area contributed by atoms with Gasteiger partial charge in [0, 0.05) is 20.2 Å². The van der Waals surface area contributed by atoms with Gasteiger partial charge in [-0.15, -0.1) is 0 Å². The van der Waals surface area contributed by atoms with Crippen molar-refractivity contribution in [2.24, 2.45) is 0 Å². The molecule has 164 valence electrons. The topological polar surface area (TPSA) is 141 Å². The number of nitro groups is 1. The van der Waals surface area contributed by atoms with Gasteiger partial charge in [-0.2, -0.15) is 0 Å². The molecule has 0 saturated heterocycles. The number of nitro benzene ring substituents is 1. The number of nitrogens with one attached hydrogen (secondary N) is 1. The predicted octanol–water partition coefficient (Wildman–Crippen LogP) is 2.72. The fourth-order valence-corrected chi connectivity index (χ4v) is 4.60. The second-order valence-corrected chi connectivity index (χ2v) is 9.55. The van der Waals surface area contributed by atoms with Crippen molar-refractivity contribution in [3.8, 4) is 11.5 Å². The predicted molar refractivity (Wildman–Crippen MR) is 115 cm³/mol. The normalized spacial score (nSPS) is 11.5. The number of amides is 1. The van der Waals surface area contributed by atoms with Crippen LogP contribution >= 0.6 is 11.3 Å². The van der Waals surface area contributed by atoms with Gasteiger partial charge in [0.15, 0.2) is 16.6 Å². The summed E-state index contributed by atoms with van der Waals surface area (Å²) >= 11 is 1.04. The molecule has 1 amide bonds. The zero-order valence-electron chi connectivity index (χ0n) is 16.9. The Morgan fingerprint density at radius 3 is 2.39 bits per heavy atom. The van der Waals surface area contributed by atoms with Crippen LogP contribution in [0.25, 0.3) is 10.2 Å². The summed E-state index contributed by atoms with van der Waals surface area (Å²) in [6.45, 7) is 0. The van der Waals surface area contributed by atoms with Crippen molar-refractivity contribution in [3.63, 3.8) is 0 Å². The van der Waals surface area contributed by atoms with Gasteiger partial charge in [0.2, 0.25) is 10.0 Å². The lowest BCUT2D eigenvalue weighted by Crippen LogP contribution is -2.22. The van der Waals surface area contributed by atoms with Gasteiger partial charge < -0.3 is 9.47 Å². The monoisotopic (exact) mass is 466 g/mol. The number of benzene rings is 2. The number of sulfonamides is 1. The molecule has 0 aliphatic heterocycles. The van der Waals surface area contributed by atoms with Crippen molar-refractivity contribution in [2.75, 3.05) is 33.6 Å². The molecule has 3 rings (SSSR count). The third-order valence-electron chi connectivity index (χ3n) is 4.30. The van der Waals surface area contributed by atoms with Gasteiger partial charge in [-0.3, -0.25) is 20.2 Å². The molecule has 0 unspecified atom stereocenters. The highest BCUT2D eigenvalue weighted by atomic mass is 32.2. The minimum absolute atomic E-state index is 0.0852. The summed E-state index contributed by atoms with van der Waals surface area (Å²) in [7, 11) is 1.89. The molecule has 0 aliphatic rings. The van der Waals surface area contributed by atoms with Crippen molar-refractivity contribution in [1.29, 1.82) is 0 Å². The second-order valence-electron chi connectivity index (χ2n) is 6.37. The Kier molecular flexibility index (Phi) is 6.10. The fourth-order valence-electron chi connectivity index (χ4n) is 2.70. The van der Waals surface area contributed by atoms with Crippen LogP contribution in [-0.2, 0) is 10.0 Å². The maximum Gasteiger partial charge on any atom is 0.286 e. The van der Waals surface area contributed by atoms with Crippen LogP contribution in [0, 0.1) is 10.1 Å². The van der Waals surface area contributed by atoms with Crippen LogP contribution in [0.1, 0.15) is 10.4 Å². The Morgan fingerprint density at radius 2 is 1.81 bits per heavy atom. The van der Waals surface area contributed by atoms with E-state index in [9.17, 15) is 23.3 Å². The maximum atomic E-state index is 12.8. The van der Waals surface area contributed by atoms with Crippen molar-refractivity contribution in [2.45, 2.75) is 4.90 Å². The smallest absolute Gasteiger partial charge is 0.286 e. The van der Waals surface area contributed by atoms with Crippen LogP contribution < -0.4 is 14.8 Å². The number of fused-ring (bicyclic) bond motifs is 1. The highest BCUT2D eigenvalue weighted by Crippen LogP contribution is 2.35. The molecule has 0 atom stereocenters. The van der Waals surface area contributed by atoms with Crippen LogP contribution in [0.15, 0.2) is 35.2 Å². The van der Waals surface area contributed by atoms with E-state index >= 15 is 0 Å². The van der Waals surface area contributed by atoms with Gasteiger partial charge in [0.1, 0.15) is 5.56 Å². The molecule has 0 radical (unpaired) electrons. The van der Waals surface area contributed by atoms with Crippen molar-refractivity contribution < 1.29 is 27.6 Å². The van der Waals surface area contributed by atoms with E-state index in [2.05, 4.69) is 10.3 Å². The molecule has 3 aromatic rings. The van der Waals surface area contributed by atoms with Gasteiger partial charge in [-0.25, -0.2) is 17.7 Å². The number of rotatable bonds is 7. The molecule has 0 saturated carbocycles. The van der Waals surface area contributed by atoms with Gasteiger partial charge in [0.25, 0.3) is 11.6 Å². The summed E-state index contributed by atoms with van der Waals surface area (Å²) in [5.41, 5.74) is -0.228. The summed E-state index contributed by atoms with van der Waals surface area (Å²) in [4.78, 5) is 27.8. The van der Waals surface area contributed by atoms with Crippen molar-refractivity contribution >= 4 is 48.3 Å². The first-order valence-corrected chi connectivity index (χ1v) is 10.9. The number of nitrogens with zero attached hydrogens (tertiary/aromatic N) is 3. The van der Waals surface area contributed by atoms with Crippen molar-refractivity contribution in [1.82, 2.24) is 9.29 Å². The van der Waals surface area contributed by atoms with Crippen LogP contribution in [0.5, 0.6) is 11.5 Å². The van der Waals surface area contributed by atoms with Crippen LogP contribution in [-0.4, -0.2) is 56.9 Å². The summed E-state index contributed by atoms with van der Waals surface area (Å²) in [6.07, 6.45) is 0. The number of hydrogen-bond acceptors (Lipinski definition) is 9. The number of thiazole rings is 1. The minimum Gasteiger partial charge on any atom is -0.493 e. The van der Waals surface area contributed by atoms with Crippen LogP contribution in [0.4, 0.5) is 10.8 Å². The zero-order chi connectivity index (χ0) is 22.9. The Bertz CT molecular complexity index is 1290. The second kappa shape index (κ2) is 8.45. The first-order valence-electron chi connectivity index (χ1n) is 8.63. The van der Waals surface area contributed by atoms with Crippen molar-refractivity contribution in [3.05, 3.63) is 46.0 Å². The van der Waals surface area contributed by atoms with Gasteiger partial charge in [-0.05, 0) is 18.2 Å². The first-order chi connectivity index (χ1) is 14.6. The summed E-state index contributed by atoms with van der Waals surface area (Å²) in [6, 6.07) is 6.71. The number of ether oxygens (including phenoxy) is 2. The molecule has 1 N–H and O–H groups in total. The molecule has 13 heteroatoms. The highest BCUT2D eigenvalue weighted by molar-refractivity contribution is 7.89. The number of aromatic nitrogens is 1. The van der Waals surface area contributed by atoms with E-state index in [4.69, 9.17) is 9.47 Å². The number of carbonyl (C=O) groups excluding carboxylic acids is 1. The van der Waals surface area contributed by atoms with E-state index in [0.717, 1.165) is 21.7 Å². The lowest BCUT2D eigenvalue weighted by molar-refractivity contribution is -0.385. The third-order valence-corrected chi connectivity index (χ3v) is 7.05. The largest absolute Gasteiger partial charge is 0.493 e. The Hall–Kier alpha value is -3.29. The Morgan fingerprint density at radius 1 is 1.16 bits per heavy atom. The lowest BCUT2D eigenvalue weighted by Gasteiger charge is -2.10. The van der Waals surface area contributed by atoms with E-state index < -0.39 is 26.5 Å². The summed E-state index contributed by atoms with van der Waals surface area (Å²) in [5, 5.41) is 14.1. The molecule has 0 bridgehead atoms. The molecule has 2 aromatic carbocycles. The molecular formula is C18H18N4O7S2. The van der Waals surface area contributed by atoms with Gasteiger partial charge >= 0.3 is 0 Å². The average molecular weight is 466 g/mol. The van der Waals surface area contributed by atoms with E-state index in [1.165, 1.54) is 52.6 Å². The molecule has 1 heterocycles. The molecule has 31 heavy (non-hydrogen) atoms. The molecular weight excluding hydrogens is 448 g/mol. The number of methoxy groups -OCH3 is 2. The lowest BCUT2D eigenvalue weighted by atomic mass is 10.1. The standard InChI is InChI=1S/C18H18N4O7S2/c1-21(2)31(26,27)10-5-6-12-16(7-10)30-18(19-12)20-17(23)11-8-14(28-3)15(29-4)9-13(11)22(24)25/h5-9H,1-4H3,(H,19,20,23). The third kappa shape index (κ3) is 4.28. The van der Waals surface area contributed by atoms with E-state index in [1.807, 2.05) is 0 Å². The van der Waals surface area contributed by atoms with Crippen LogP contribution in [0.3, 0.4) is 0 Å². The summed E-state index contributed by atoms with van der Waals surface area (Å²) in [5.74, 6) is -0.505. The maximum absolute atomic E-state index is 12.8. The number of carbonyl (C=O) groups is 1.